The molecule has 6 heteroatoms. The molecule has 2 aromatic rings. The van der Waals surface area contributed by atoms with E-state index in [4.69, 9.17) is 9.47 Å². The van der Waals surface area contributed by atoms with Gasteiger partial charge < -0.3 is 19.7 Å². The van der Waals surface area contributed by atoms with Crippen LogP contribution in [-0.4, -0.2) is 80.8 Å². The fraction of sp³-hybridized carbons (Fsp3) is 0.536. The predicted molar refractivity (Wildman–Crippen MR) is 136 cm³/mol. The van der Waals surface area contributed by atoms with Gasteiger partial charge in [-0.3, -0.25) is 9.69 Å². The minimum atomic E-state index is -0.0494. The van der Waals surface area contributed by atoms with Gasteiger partial charge in [0.25, 0.3) is 5.91 Å². The third-order valence-corrected chi connectivity index (χ3v) is 6.90. The summed E-state index contributed by atoms with van der Waals surface area (Å²) in [6.45, 7) is 10.7. The predicted octanol–water partition coefficient (Wildman–Crippen LogP) is 3.79. The van der Waals surface area contributed by atoms with Gasteiger partial charge in [0.15, 0.2) is 0 Å². The number of hydrogen-bond donors (Lipinski definition) is 1. The Balaban J connectivity index is 1.21. The van der Waals surface area contributed by atoms with Gasteiger partial charge in [-0.15, -0.1) is 0 Å². The molecule has 0 spiro atoms. The molecule has 1 atom stereocenters. The van der Waals surface area contributed by atoms with Crippen molar-refractivity contribution in [1.82, 2.24) is 15.1 Å². The van der Waals surface area contributed by atoms with E-state index in [1.807, 2.05) is 24.3 Å². The molecular formula is C28H39N3O3. The lowest BCUT2D eigenvalue weighted by Crippen LogP contribution is -2.40. The number of carbonyl (C=O) groups excluding carboxylic acids is 1. The van der Waals surface area contributed by atoms with Crippen molar-refractivity contribution in [3.63, 3.8) is 0 Å². The summed E-state index contributed by atoms with van der Waals surface area (Å²) in [6.07, 6.45) is 3.06. The molecule has 0 radical (unpaired) electrons. The average Bonchev–Trinajstić information content (AvgIpc) is 2.89. The van der Waals surface area contributed by atoms with E-state index in [1.165, 1.54) is 5.56 Å². The fourth-order valence-electron chi connectivity index (χ4n) is 4.85. The van der Waals surface area contributed by atoms with E-state index in [9.17, 15) is 4.79 Å². The van der Waals surface area contributed by atoms with Crippen LogP contribution < -0.4 is 10.1 Å². The van der Waals surface area contributed by atoms with Gasteiger partial charge >= 0.3 is 0 Å². The Labute approximate surface area is 204 Å². The summed E-state index contributed by atoms with van der Waals surface area (Å²) >= 11 is 0. The van der Waals surface area contributed by atoms with Crippen molar-refractivity contribution in [3.8, 4) is 5.75 Å². The molecule has 0 aliphatic carbocycles. The lowest BCUT2D eigenvalue weighted by Gasteiger charge is -2.34. The van der Waals surface area contributed by atoms with Crippen molar-refractivity contribution in [1.29, 1.82) is 0 Å². The number of ether oxygens (including phenoxy) is 2. The van der Waals surface area contributed by atoms with E-state index in [1.54, 1.807) is 0 Å². The minimum absolute atomic E-state index is 0.0494. The summed E-state index contributed by atoms with van der Waals surface area (Å²) in [4.78, 5) is 17.8. The van der Waals surface area contributed by atoms with Gasteiger partial charge in [-0.1, -0.05) is 49.4 Å². The van der Waals surface area contributed by atoms with Gasteiger partial charge in [-0.05, 0) is 49.4 Å². The van der Waals surface area contributed by atoms with Crippen LogP contribution in [-0.2, 0) is 4.74 Å². The summed E-state index contributed by atoms with van der Waals surface area (Å²) in [6, 6.07) is 18.4. The number of likely N-dealkylation sites (tertiary alicyclic amines) is 1. The van der Waals surface area contributed by atoms with Crippen molar-refractivity contribution in [2.75, 3.05) is 59.0 Å². The highest BCUT2D eigenvalue weighted by Gasteiger charge is 2.23. The molecule has 2 aliphatic rings. The number of nitrogens with zero attached hydrogens (tertiary/aromatic N) is 2. The van der Waals surface area contributed by atoms with Gasteiger partial charge in [0, 0.05) is 39.3 Å². The highest BCUT2D eigenvalue weighted by Crippen LogP contribution is 2.24. The van der Waals surface area contributed by atoms with Gasteiger partial charge in [-0.25, -0.2) is 0 Å². The standard InChI is InChI=1S/C28H39N3O3/c1-23(24-8-3-2-4-9-24)22-31-16-12-25(13-17-31)34-27-11-6-5-10-26(27)28(32)29-14-7-15-30-18-20-33-21-19-30/h2-6,8-11,23,25H,7,12-22H2,1H3,(H,29,32). The first-order valence-electron chi connectivity index (χ1n) is 12.8. The molecule has 2 aromatic carbocycles. The van der Waals surface area contributed by atoms with Crippen LogP contribution in [0.5, 0.6) is 5.75 Å². The molecule has 184 valence electrons. The van der Waals surface area contributed by atoms with E-state index in [0.717, 1.165) is 71.7 Å². The first-order chi connectivity index (χ1) is 16.7. The molecular weight excluding hydrogens is 426 g/mol. The maximum atomic E-state index is 12.8. The highest BCUT2D eigenvalue weighted by atomic mass is 16.5. The molecule has 2 heterocycles. The normalized spacial score (nSPS) is 19.0. The smallest absolute Gasteiger partial charge is 0.255 e. The maximum Gasteiger partial charge on any atom is 0.255 e. The van der Waals surface area contributed by atoms with E-state index >= 15 is 0 Å². The van der Waals surface area contributed by atoms with E-state index in [2.05, 4.69) is 52.4 Å². The molecule has 1 unspecified atom stereocenters. The number of piperidine rings is 1. The zero-order valence-electron chi connectivity index (χ0n) is 20.5. The quantitative estimate of drug-likeness (QED) is 0.541. The van der Waals surface area contributed by atoms with Crippen molar-refractivity contribution in [3.05, 3.63) is 65.7 Å². The summed E-state index contributed by atoms with van der Waals surface area (Å²) in [5.41, 5.74) is 2.03. The van der Waals surface area contributed by atoms with Crippen molar-refractivity contribution >= 4 is 5.91 Å². The lowest BCUT2D eigenvalue weighted by atomic mass is 9.99. The summed E-state index contributed by atoms with van der Waals surface area (Å²) in [7, 11) is 0. The molecule has 1 amide bonds. The molecule has 2 aliphatic heterocycles. The highest BCUT2D eigenvalue weighted by molar-refractivity contribution is 5.96. The van der Waals surface area contributed by atoms with Crippen molar-refractivity contribution in [2.45, 2.75) is 38.2 Å². The SMILES string of the molecule is CC(CN1CCC(Oc2ccccc2C(=O)NCCCN2CCOCC2)CC1)c1ccccc1. The lowest BCUT2D eigenvalue weighted by molar-refractivity contribution is 0.0374. The second-order valence-corrected chi connectivity index (χ2v) is 9.49. The molecule has 4 rings (SSSR count). The van der Waals surface area contributed by atoms with Crippen LogP contribution in [0.15, 0.2) is 54.6 Å². The molecule has 2 saturated heterocycles. The zero-order valence-corrected chi connectivity index (χ0v) is 20.5. The van der Waals surface area contributed by atoms with Crippen molar-refractivity contribution < 1.29 is 14.3 Å². The first-order valence-corrected chi connectivity index (χ1v) is 12.8. The maximum absolute atomic E-state index is 12.8. The van der Waals surface area contributed by atoms with Gasteiger partial charge in [0.2, 0.25) is 0 Å². The third kappa shape index (κ3) is 7.29. The fourth-order valence-corrected chi connectivity index (χ4v) is 4.85. The largest absolute Gasteiger partial charge is 0.489 e. The Kier molecular flexibility index (Phi) is 9.36. The number of nitrogens with one attached hydrogen (secondary N) is 1. The van der Waals surface area contributed by atoms with Crippen molar-refractivity contribution in [2.24, 2.45) is 0 Å². The average molecular weight is 466 g/mol. The minimum Gasteiger partial charge on any atom is -0.489 e. The van der Waals surface area contributed by atoms with Gasteiger partial charge in [0.05, 0.1) is 18.8 Å². The van der Waals surface area contributed by atoms with Crippen LogP contribution in [0.4, 0.5) is 0 Å². The van der Waals surface area contributed by atoms with Gasteiger partial charge in [0.1, 0.15) is 11.9 Å². The Bertz CT molecular complexity index is 877. The van der Waals surface area contributed by atoms with Crippen LogP contribution in [0.25, 0.3) is 0 Å². The topological polar surface area (TPSA) is 54.0 Å². The molecule has 34 heavy (non-hydrogen) atoms. The van der Waals surface area contributed by atoms with Crippen LogP contribution in [0.3, 0.4) is 0 Å². The summed E-state index contributed by atoms with van der Waals surface area (Å²) in [5, 5.41) is 3.08. The molecule has 2 fully saturated rings. The summed E-state index contributed by atoms with van der Waals surface area (Å²) < 4.78 is 11.7. The second-order valence-electron chi connectivity index (χ2n) is 9.49. The number of morpholine rings is 1. The number of para-hydroxylation sites is 1. The van der Waals surface area contributed by atoms with Crippen LogP contribution in [0.1, 0.15) is 48.0 Å². The zero-order chi connectivity index (χ0) is 23.6. The van der Waals surface area contributed by atoms with Crippen LogP contribution in [0.2, 0.25) is 0 Å². The van der Waals surface area contributed by atoms with E-state index < -0.39 is 0 Å². The Morgan fingerprint density at radius 3 is 2.47 bits per heavy atom. The van der Waals surface area contributed by atoms with E-state index in [-0.39, 0.29) is 12.0 Å². The number of benzene rings is 2. The molecule has 1 N–H and O–H groups in total. The molecule has 6 nitrogen and oxygen atoms in total. The Morgan fingerprint density at radius 1 is 1.00 bits per heavy atom. The van der Waals surface area contributed by atoms with Gasteiger partial charge in [-0.2, -0.15) is 0 Å². The monoisotopic (exact) mass is 465 g/mol. The van der Waals surface area contributed by atoms with Crippen LogP contribution >= 0.6 is 0 Å². The first kappa shape index (κ1) is 24.7. The number of hydrogen-bond acceptors (Lipinski definition) is 5. The molecule has 0 bridgehead atoms. The van der Waals surface area contributed by atoms with E-state index in [0.29, 0.717) is 23.8 Å². The number of carbonyl (C=O) groups is 1. The van der Waals surface area contributed by atoms with Crippen LogP contribution in [0, 0.1) is 0 Å². The Morgan fingerprint density at radius 2 is 1.71 bits per heavy atom. The molecule has 0 aromatic heterocycles. The second kappa shape index (κ2) is 12.9. The molecule has 0 saturated carbocycles. The summed E-state index contributed by atoms with van der Waals surface area (Å²) in [5.74, 6) is 1.17. The number of amides is 1. The third-order valence-electron chi connectivity index (χ3n) is 6.90. The number of rotatable bonds is 10. The Hall–Kier alpha value is -2.41.